The first-order chi connectivity index (χ1) is 10.6. The van der Waals surface area contributed by atoms with Crippen LogP contribution < -0.4 is 0 Å². The fourth-order valence-electron chi connectivity index (χ4n) is 2.62. The van der Waals surface area contributed by atoms with E-state index in [2.05, 4.69) is 9.97 Å². The lowest BCUT2D eigenvalue weighted by molar-refractivity contribution is 0.0696. The number of pyridine rings is 1. The lowest BCUT2D eigenvalue weighted by Gasteiger charge is -2.22. The van der Waals surface area contributed by atoms with E-state index in [4.69, 9.17) is 5.11 Å². The van der Waals surface area contributed by atoms with E-state index in [0.29, 0.717) is 6.54 Å². The number of nitrogens with zero attached hydrogens (tertiary/aromatic N) is 3. The van der Waals surface area contributed by atoms with Gasteiger partial charge in [0.15, 0.2) is 0 Å². The molecule has 0 radical (unpaired) electrons. The Morgan fingerprint density at radius 2 is 2.27 bits per heavy atom. The Labute approximate surface area is 131 Å². The van der Waals surface area contributed by atoms with Crippen molar-refractivity contribution >= 4 is 23.2 Å². The van der Waals surface area contributed by atoms with Crippen LogP contribution in [0.25, 0.3) is 0 Å². The van der Waals surface area contributed by atoms with Gasteiger partial charge >= 0.3 is 5.97 Å². The molecular weight excluding hydrogens is 302 g/mol. The summed E-state index contributed by atoms with van der Waals surface area (Å²) in [7, 11) is 0. The number of hydrogen-bond acceptors (Lipinski definition) is 5. The van der Waals surface area contributed by atoms with E-state index in [1.165, 1.54) is 18.3 Å². The summed E-state index contributed by atoms with van der Waals surface area (Å²) in [5.74, 6) is -1.30. The lowest BCUT2D eigenvalue weighted by Crippen LogP contribution is -2.31. The van der Waals surface area contributed by atoms with E-state index in [-0.39, 0.29) is 23.2 Å². The molecule has 3 rings (SSSR count). The number of carbonyl (C=O) groups is 2. The molecule has 0 saturated carbocycles. The van der Waals surface area contributed by atoms with Gasteiger partial charge in [-0.15, -0.1) is 11.3 Å². The predicted molar refractivity (Wildman–Crippen MR) is 81.1 cm³/mol. The molecule has 1 N–H and O–H groups in total. The second kappa shape index (κ2) is 5.84. The van der Waals surface area contributed by atoms with Crippen molar-refractivity contribution in [2.45, 2.75) is 25.8 Å². The summed E-state index contributed by atoms with van der Waals surface area (Å²) in [5, 5.41) is 11.9. The lowest BCUT2D eigenvalue weighted by atomic mass is 10.2. The smallest absolute Gasteiger partial charge is 0.335 e. The van der Waals surface area contributed by atoms with Gasteiger partial charge in [-0.05, 0) is 31.9 Å². The number of likely N-dealkylation sites (tertiary alicyclic amines) is 1. The van der Waals surface area contributed by atoms with Crippen LogP contribution in [0.15, 0.2) is 23.7 Å². The first kappa shape index (κ1) is 14.6. The van der Waals surface area contributed by atoms with Gasteiger partial charge in [-0.3, -0.25) is 9.78 Å². The van der Waals surface area contributed by atoms with Gasteiger partial charge in [0, 0.05) is 23.8 Å². The molecule has 1 aliphatic rings. The molecule has 0 bridgehead atoms. The molecule has 1 amide bonds. The largest absolute Gasteiger partial charge is 0.478 e. The molecule has 2 aromatic rings. The number of aromatic nitrogens is 2. The second-order valence-electron chi connectivity index (χ2n) is 5.22. The summed E-state index contributed by atoms with van der Waals surface area (Å²) >= 11 is 1.55. The molecule has 114 valence electrons. The van der Waals surface area contributed by atoms with Crippen LogP contribution in [-0.4, -0.2) is 38.4 Å². The maximum atomic E-state index is 12.7. The van der Waals surface area contributed by atoms with Crippen molar-refractivity contribution in [3.05, 3.63) is 45.7 Å². The number of aryl methyl sites for hydroxylation is 1. The highest BCUT2D eigenvalue weighted by atomic mass is 32.1. The summed E-state index contributed by atoms with van der Waals surface area (Å²) in [4.78, 5) is 33.9. The van der Waals surface area contributed by atoms with Gasteiger partial charge in [-0.2, -0.15) is 0 Å². The number of aromatic carboxylic acids is 1. The molecule has 1 aliphatic heterocycles. The third-order valence-corrected chi connectivity index (χ3v) is 4.73. The van der Waals surface area contributed by atoms with Crippen molar-refractivity contribution in [3.8, 4) is 0 Å². The highest BCUT2D eigenvalue weighted by molar-refractivity contribution is 7.09. The zero-order chi connectivity index (χ0) is 15.7. The number of carboxylic acids is 1. The normalized spacial score (nSPS) is 17.7. The van der Waals surface area contributed by atoms with Crippen LogP contribution in [0.4, 0.5) is 0 Å². The molecule has 6 nitrogen and oxygen atoms in total. The van der Waals surface area contributed by atoms with Crippen molar-refractivity contribution < 1.29 is 14.7 Å². The van der Waals surface area contributed by atoms with Crippen molar-refractivity contribution in [2.24, 2.45) is 0 Å². The highest BCUT2D eigenvalue weighted by Gasteiger charge is 2.33. The zero-order valence-electron chi connectivity index (χ0n) is 12.0. The standard InChI is InChI=1S/C15H15N3O3S/c1-9-8-22-13(17-9)12-3-2-6-18(12)14(19)11-7-10(15(20)21)4-5-16-11/h4-5,7-8,12H,2-3,6H2,1H3,(H,20,21)/t12-/m1/s1. The van der Waals surface area contributed by atoms with E-state index in [0.717, 1.165) is 23.5 Å². The van der Waals surface area contributed by atoms with Crippen LogP contribution in [0.5, 0.6) is 0 Å². The molecule has 1 atom stereocenters. The summed E-state index contributed by atoms with van der Waals surface area (Å²) in [6.45, 7) is 2.57. The van der Waals surface area contributed by atoms with Crippen LogP contribution in [0.3, 0.4) is 0 Å². The molecule has 0 aliphatic carbocycles. The minimum absolute atomic E-state index is 0.0403. The number of rotatable bonds is 3. The van der Waals surface area contributed by atoms with Gasteiger partial charge in [-0.1, -0.05) is 0 Å². The van der Waals surface area contributed by atoms with Crippen molar-refractivity contribution in [1.29, 1.82) is 0 Å². The maximum Gasteiger partial charge on any atom is 0.335 e. The number of carbonyl (C=O) groups excluding carboxylic acids is 1. The van der Waals surface area contributed by atoms with Crippen LogP contribution >= 0.6 is 11.3 Å². The SMILES string of the molecule is Cc1csc([C@H]2CCCN2C(=O)c2cc(C(=O)O)ccn2)n1. The summed E-state index contributed by atoms with van der Waals surface area (Å²) < 4.78 is 0. The number of thiazole rings is 1. The fourth-order valence-corrected chi connectivity index (χ4v) is 3.56. The third-order valence-electron chi connectivity index (χ3n) is 3.66. The highest BCUT2D eigenvalue weighted by Crippen LogP contribution is 2.34. The third kappa shape index (κ3) is 2.71. The molecule has 0 spiro atoms. The van der Waals surface area contributed by atoms with Crippen molar-refractivity contribution in [1.82, 2.24) is 14.9 Å². The first-order valence-corrected chi connectivity index (χ1v) is 7.86. The first-order valence-electron chi connectivity index (χ1n) is 6.98. The number of hydrogen-bond donors (Lipinski definition) is 1. The number of carboxylic acid groups (broad SMARTS) is 1. The Morgan fingerprint density at radius 1 is 1.45 bits per heavy atom. The van der Waals surface area contributed by atoms with Gasteiger partial charge in [-0.25, -0.2) is 9.78 Å². The van der Waals surface area contributed by atoms with Crippen molar-refractivity contribution in [2.75, 3.05) is 6.54 Å². The quantitative estimate of drug-likeness (QED) is 0.940. The molecule has 3 heterocycles. The van der Waals surface area contributed by atoms with E-state index < -0.39 is 5.97 Å². The Hall–Kier alpha value is -2.28. The van der Waals surface area contributed by atoms with E-state index in [1.54, 1.807) is 16.2 Å². The summed E-state index contributed by atoms with van der Waals surface area (Å²) in [6.07, 6.45) is 3.14. The van der Waals surface area contributed by atoms with Crippen LogP contribution in [-0.2, 0) is 0 Å². The minimum atomic E-state index is -1.06. The van der Waals surface area contributed by atoms with Gasteiger partial charge in [0.2, 0.25) is 0 Å². The molecule has 1 fully saturated rings. The summed E-state index contributed by atoms with van der Waals surface area (Å²) in [6, 6.07) is 2.67. The predicted octanol–water partition coefficient (Wildman–Crippen LogP) is 2.52. The van der Waals surface area contributed by atoms with Gasteiger partial charge < -0.3 is 10.0 Å². The Kier molecular flexibility index (Phi) is 3.89. The van der Waals surface area contributed by atoms with Gasteiger partial charge in [0.25, 0.3) is 5.91 Å². The second-order valence-corrected chi connectivity index (χ2v) is 6.11. The maximum absolute atomic E-state index is 12.7. The monoisotopic (exact) mass is 317 g/mol. The molecule has 0 unspecified atom stereocenters. The fraction of sp³-hybridized carbons (Fsp3) is 0.333. The van der Waals surface area contributed by atoms with Crippen LogP contribution in [0.2, 0.25) is 0 Å². The van der Waals surface area contributed by atoms with Gasteiger partial charge in [0.05, 0.1) is 11.6 Å². The molecular formula is C15H15N3O3S. The Balaban J connectivity index is 1.87. The van der Waals surface area contributed by atoms with E-state index in [1.807, 2.05) is 12.3 Å². The average molecular weight is 317 g/mol. The Bertz CT molecular complexity index is 728. The van der Waals surface area contributed by atoms with Crippen LogP contribution in [0.1, 0.15) is 50.4 Å². The Morgan fingerprint density at radius 3 is 2.95 bits per heavy atom. The topological polar surface area (TPSA) is 83.4 Å². The van der Waals surface area contributed by atoms with Gasteiger partial charge in [0.1, 0.15) is 10.7 Å². The molecule has 0 aromatic carbocycles. The van der Waals surface area contributed by atoms with Crippen molar-refractivity contribution in [3.63, 3.8) is 0 Å². The molecule has 1 saturated heterocycles. The molecule has 22 heavy (non-hydrogen) atoms. The molecule has 2 aromatic heterocycles. The molecule has 7 heteroatoms. The average Bonchev–Trinajstić information content (AvgIpc) is 3.15. The van der Waals surface area contributed by atoms with E-state index in [9.17, 15) is 9.59 Å². The van der Waals surface area contributed by atoms with E-state index >= 15 is 0 Å². The minimum Gasteiger partial charge on any atom is -0.478 e. The zero-order valence-corrected chi connectivity index (χ0v) is 12.8. The number of amides is 1. The summed E-state index contributed by atoms with van der Waals surface area (Å²) in [5.41, 5.74) is 1.18. The van der Waals surface area contributed by atoms with Crippen LogP contribution in [0, 0.1) is 6.92 Å².